The molecule has 1 aliphatic heterocycles. The number of alkyl halides is 3. The van der Waals surface area contributed by atoms with Crippen LogP contribution in [0.25, 0.3) is 0 Å². The highest BCUT2D eigenvalue weighted by Crippen LogP contribution is 2.22. The van der Waals surface area contributed by atoms with Crippen LogP contribution in [0, 0.1) is 0 Å². The molecule has 1 amide bonds. The van der Waals surface area contributed by atoms with E-state index >= 15 is 0 Å². The fraction of sp³-hybridized carbons (Fsp3) is 0.875. The van der Waals surface area contributed by atoms with Crippen molar-refractivity contribution in [2.24, 2.45) is 0 Å². The zero-order chi connectivity index (χ0) is 13.3. The second-order valence-corrected chi connectivity index (χ2v) is 5.79. The number of nitrogens with zero attached hydrogens (tertiary/aromatic N) is 1. The first-order chi connectivity index (χ1) is 7.57. The van der Waals surface area contributed by atoms with Crippen molar-refractivity contribution in [2.75, 3.05) is 19.3 Å². The molecular weight excluding hydrogens is 261 g/mol. The number of amides is 1. The number of nitrogens with one attached hydrogen (secondary N) is 1. The average Bonchev–Trinajstić information content (AvgIpc) is 2.45. The Morgan fingerprint density at radius 3 is 2.53 bits per heavy atom. The van der Waals surface area contributed by atoms with Crippen LogP contribution >= 0.6 is 0 Å². The molecule has 100 valence electrons. The van der Waals surface area contributed by atoms with Crippen molar-refractivity contribution in [3.8, 4) is 0 Å². The summed E-state index contributed by atoms with van der Waals surface area (Å²) in [5, 5.41) is 0. The molecular formula is C8H13F3N2O3S. The molecule has 1 saturated heterocycles. The van der Waals surface area contributed by atoms with Crippen molar-refractivity contribution in [1.82, 2.24) is 9.62 Å². The average molecular weight is 274 g/mol. The van der Waals surface area contributed by atoms with Crippen LogP contribution in [0.2, 0.25) is 0 Å². The van der Waals surface area contributed by atoms with Gasteiger partial charge < -0.3 is 4.90 Å². The van der Waals surface area contributed by atoms with E-state index in [4.69, 9.17) is 0 Å². The zero-order valence-electron chi connectivity index (χ0n) is 9.12. The van der Waals surface area contributed by atoms with Crippen LogP contribution in [-0.2, 0) is 14.8 Å². The summed E-state index contributed by atoms with van der Waals surface area (Å²) in [6, 6.07) is -0.498. The molecule has 1 heterocycles. The molecule has 1 aliphatic rings. The van der Waals surface area contributed by atoms with Crippen molar-refractivity contribution in [3.05, 3.63) is 0 Å². The maximum Gasteiger partial charge on any atom is 0.397 e. The van der Waals surface area contributed by atoms with E-state index in [1.165, 1.54) is 0 Å². The summed E-state index contributed by atoms with van der Waals surface area (Å²) >= 11 is 0. The van der Waals surface area contributed by atoms with Crippen LogP contribution < -0.4 is 4.72 Å². The number of rotatable bonds is 3. The molecule has 17 heavy (non-hydrogen) atoms. The zero-order valence-corrected chi connectivity index (χ0v) is 9.94. The van der Waals surface area contributed by atoms with E-state index in [1.807, 2.05) is 0 Å². The molecule has 0 aromatic carbocycles. The van der Waals surface area contributed by atoms with E-state index in [-0.39, 0.29) is 13.1 Å². The first kappa shape index (κ1) is 14.2. The number of sulfonamides is 1. The van der Waals surface area contributed by atoms with Gasteiger partial charge in [-0.25, -0.2) is 13.1 Å². The van der Waals surface area contributed by atoms with Gasteiger partial charge in [0.1, 0.15) is 6.42 Å². The molecule has 1 rings (SSSR count). The van der Waals surface area contributed by atoms with Gasteiger partial charge in [0.2, 0.25) is 15.9 Å². The minimum atomic E-state index is -4.53. The Labute approximate surface area is 97.0 Å². The molecule has 0 bridgehead atoms. The van der Waals surface area contributed by atoms with Crippen molar-refractivity contribution in [3.63, 3.8) is 0 Å². The lowest BCUT2D eigenvalue weighted by Gasteiger charge is -2.17. The highest BCUT2D eigenvalue weighted by Gasteiger charge is 2.36. The second kappa shape index (κ2) is 4.81. The molecule has 0 saturated carbocycles. The van der Waals surface area contributed by atoms with Crippen molar-refractivity contribution in [1.29, 1.82) is 0 Å². The Morgan fingerprint density at radius 2 is 2.06 bits per heavy atom. The molecule has 0 aliphatic carbocycles. The lowest BCUT2D eigenvalue weighted by Crippen LogP contribution is -2.38. The normalized spacial score (nSPS) is 21.9. The number of hydrogen-bond donors (Lipinski definition) is 1. The van der Waals surface area contributed by atoms with Crippen molar-refractivity contribution in [2.45, 2.75) is 25.1 Å². The maximum atomic E-state index is 12.0. The number of carbonyl (C=O) groups is 1. The van der Waals surface area contributed by atoms with Crippen molar-refractivity contribution < 1.29 is 26.4 Å². The quantitative estimate of drug-likeness (QED) is 0.793. The van der Waals surface area contributed by atoms with Gasteiger partial charge in [-0.15, -0.1) is 0 Å². The van der Waals surface area contributed by atoms with Crippen LogP contribution in [0.3, 0.4) is 0 Å². The highest BCUT2D eigenvalue weighted by molar-refractivity contribution is 7.88. The van der Waals surface area contributed by atoms with E-state index in [0.717, 1.165) is 11.2 Å². The third-order valence-corrected chi connectivity index (χ3v) is 3.03. The lowest BCUT2D eigenvalue weighted by molar-refractivity contribution is -0.160. The largest absolute Gasteiger partial charge is 0.397 e. The van der Waals surface area contributed by atoms with E-state index < -0.39 is 34.6 Å². The highest BCUT2D eigenvalue weighted by atomic mass is 32.2. The van der Waals surface area contributed by atoms with Gasteiger partial charge in [0.25, 0.3) is 0 Å². The molecule has 1 N–H and O–H groups in total. The van der Waals surface area contributed by atoms with Crippen LogP contribution in [0.1, 0.15) is 12.8 Å². The Hall–Kier alpha value is -0.830. The smallest absolute Gasteiger partial charge is 0.341 e. The van der Waals surface area contributed by atoms with Gasteiger partial charge in [0.15, 0.2) is 0 Å². The van der Waals surface area contributed by atoms with Crippen molar-refractivity contribution >= 4 is 15.9 Å². The van der Waals surface area contributed by atoms with E-state index in [9.17, 15) is 26.4 Å². The number of carbonyl (C=O) groups excluding carboxylic acids is 1. The van der Waals surface area contributed by atoms with E-state index in [1.54, 1.807) is 0 Å². The number of halogens is 3. The van der Waals surface area contributed by atoms with Gasteiger partial charge >= 0.3 is 6.18 Å². The predicted molar refractivity (Wildman–Crippen MR) is 53.6 cm³/mol. The minimum Gasteiger partial charge on any atom is -0.341 e. The SMILES string of the molecule is CS(=O)(=O)NC1CCN(C(=O)CC(F)(F)F)C1. The molecule has 1 unspecified atom stereocenters. The third kappa shape index (κ3) is 5.35. The molecule has 5 nitrogen and oxygen atoms in total. The summed E-state index contributed by atoms with van der Waals surface area (Å²) in [4.78, 5) is 12.2. The first-order valence-electron chi connectivity index (χ1n) is 4.89. The summed E-state index contributed by atoms with van der Waals surface area (Å²) in [6.45, 7) is 0.129. The molecule has 0 aromatic heterocycles. The minimum absolute atomic E-state index is 0.0119. The predicted octanol–water partition coefficient (Wildman–Crippen LogP) is 0.0889. The first-order valence-corrected chi connectivity index (χ1v) is 6.78. The molecule has 9 heteroatoms. The second-order valence-electron chi connectivity index (χ2n) is 4.01. The summed E-state index contributed by atoms with van der Waals surface area (Å²) in [6.07, 6.45) is -4.73. The fourth-order valence-electron chi connectivity index (χ4n) is 1.67. The summed E-state index contributed by atoms with van der Waals surface area (Å²) in [7, 11) is -3.40. The topological polar surface area (TPSA) is 66.5 Å². The summed E-state index contributed by atoms with van der Waals surface area (Å²) in [5.41, 5.74) is 0. The number of hydrogen-bond acceptors (Lipinski definition) is 3. The third-order valence-electron chi connectivity index (χ3n) is 2.27. The van der Waals surface area contributed by atoms with Crippen LogP contribution in [-0.4, -0.2) is 50.8 Å². The fourth-order valence-corrected chi connectivity index (χ4v) is 2.47. The monoisotopic (exact) mass is 274 g/mol. The van der Waals surface area contributed by atoms with Gasteiger partial charge in [-0.1, -0.05) is 0 Å². The van der Waals surface area contributed by atoms with Gasteiger partial charge in [-0.05, 0) is 6.42 Å². The van der Waals surface area contributed by atoms with E-state index in [0.29, 0.717) is 6.42 Å². The van der Waals surface area contributed by atoms with Crippen LogP contribution in [0.15, 0.2) is 0 Å². The lowest BCUT2D eigenvalue weighted by atomic mass is 10.3. The number of likely N-dealkylation sites (tertiary alicyclic amines) is 1. The van der Waals surface area contributed by atoms with Gasteiger partial charge in [-0.2, -0.15) is 13.2 Å². The molecule has 0 spiro atoms. The van der Waals surface area contributed by atoms with Gasteiger partial charge in [0, 0.05) is 19.1 Å². The standard InChI is InChI=1S/C8H13F3N2O3S/c1-17(15,16)12-6-2-3-13(5-6)7(14)4-8(9,10)11/h6,12H,2-5H2,1H3. The summed E-state index contributed by atoms with van der Waals surface area (Å²) < 4.78 is 60.0. The van der Waals surface area contributed by atoms with Gasteiger partial charge in [0.05, 0.1) is 6.26 Å². The summed E-state index contributed by atoms with van der Waals surface area (Å²) in [5.74, 6) is -1.02. The Bertz CT molecular complexity index is 393. The Kier molecular flexibility index (Phi) is 4.03. The molecule has 0 radical (unpaired) electrons. The maximum absolute atomic E-state index is 12.0. The van der Waals surface area contributed by atoms with E-state index in [2.05, 4.69) is 4.72 Å². The van der Waals surface area contributed by atoms with Gasteiger partial charge in [-0.3, -0.25) is 4.79 Å². The van der Waals surface area contributed by atoms with Crippen LogP contribution in [0.4, 0.5) is 13.2 Å². The Balaban J connectivity index is 2.48. The Morgan fingerprint density at radius 1 is 1.47 bits per heavy atom. The molecule has 1 atom stereocenters. The molecule has 0 aromatic rings. The molecule has 1 fully saturated rings. The van der Waals surface area contributed by atoms with Crippen LogP contribution in [0.5, 0.6) is 0 Å².